The first kappa shape index (κ1) is 17.0. The molecule has 0 aliphatic heterocycles. The molecule has 1 saturated carbocycles. The maximum absolute atomic E-state index is 13.7. The van der Waals surface area contributed by atoms with Gasteiger partial charge in [-0.1, -0.05) is 0 Å². The van der Waals surface area contributed by atoms with E-state index in [-0.39, 0.29) is 18.7 Å². The molecule has 2 rings (SSSR count). The predicted octanol–water partition coefficient (Wildman–Crippen LogP) is 2.62. The number of rotatable bonds is 6. The Morgan fingerprint density at radius 3 is 2.43 bits per heavy atom. The van der Waals surface area contributed by atoms with E-state index in [0.717, 1.165) is 19.0 Å². The molecular weight excluding hydrogens is 318 g/mol. The zero-order valence-corrected chi connectivity index (χ0v) is 12.1. The molecule has 0 unspecified atom stereocenters. The summed E-state index contributed by atoms with van der Waals surface area (Å²) in [6.45, 7) is 1.44. The number of ketones is 1. The summed E-state index contributed by atoms with van der Waals surface area (Å²) in [5.41, 5.74) is -1.71. The Balaban J connectivity index is 2.40. The van der Waals surface area contributed by atoms with Crippen LogP contribution in [0.4, 0.5) is 17.6 Å². The van der Waals surface area contributed by atoms with Crippen LogP contribution in [0.25, 0.3) is 0 Å². The van der Waals surface area contributed by atoms with Gasteiger partial charge in [0.1, 0.15) is 5.57 Å². The van der Waals surface area contributed by atoms with Crippen molar-refractivity contribution in [1.29, 1.82) is 0 Å². The van der Waals surface area contributed by atoms with Gasteiger partial charge >= 0.3 is 5.97 Å². The van der Waals surface area contributed by atoms with Crippen LogP contribution in [-0.4, -0.2) is 24.4 Å². The van der Waals surface area contributed by atoms with E-state index in [9.17, 15) is 27.2 Å². The van der Waals surface area contributed by atoms with Gasteiger partial charge in [0.25, 0.3) is 0 Å². The Hall–Kier alpha value is -2.38. The first-order chi connectivity index (χ1) is 10.9. The van der Waals surface area contributed by atoms with Crippen molar-refractivity contribution in [2.45, 2.75) is 25.8 Å². The zero-order chi connectivity index (χ0) is 17.1. The lowest BCUT2D eigenvalue weighted by Crippen LogP contribution is -2.22. The molecule has 0 saturated heterocycles. The van der Waals surface area contributed by atoms with Crippen LogP contribution in [0.5, 0.6) is 0 Å². The largest absolute Gasteiger partial charge is 0.462 e. The lowest BCUT2D eigenvalue weighted by atomic mass is 10.0. The molecule has 0 bridgehead atoms. The fraction of sp³-hybridized carbons (Fsp3) is 0.333. The van der Waals surface area contributed by atoms with Crippen LogP contribution >= 0.6 is 0 Å². The van der Waals surface area contributed by atoms with Gasteiger partial charge in [-0.3, -0.25) is 4.79 Å². The quantitative estimate of drug-likeness (QED) is 0.127. The van der Waals surface area contributed by atoms with Crippen LogP contribution in [0.15, 0.2) is 17.8 Å². The van der Waals surface area contributed by atoms with Gasteiger partial charge in [-0.15, -0.1) is 0 Å². The number of carbonyl (C=O) groups excluding carboxylic acids is 2. The molecule has 1 aromatic carbocycles. The lowest BCUT2D eigenvalue weighted by Gasteiger charge is -2.09. The van der Waals surface area contributed by atoms with Crippen LogP contribution in [0, 0.1) is 23.3 Å². The van der Waals surface area contributed by atoms with Gasteiger partial charge in [0.2, 0.25) is 5.78 Å². The van der Waals surface area contributed by atoms with E-state index < -0.39 is 46.2 Å². The molecule has 4 nitrogen and oxygen atoms in total. The predicted molar refractivity (Wildman–Crippen MR) is 71.5 cm³/mol. The minimum atomic E-state index is -2.12. The van der Waals surface area contributed by atoms with E-state index in [1.807, 2.05) is 0 Å². The molecule has 124 valence electrons. The summed E-state index contributed by atoms with van der Waals surface area (Å²) in [6, 6.07) is 0.277. The standard InChI is InChI=1S/C15H13F4NO3/c1-2-23-15(22)9(6-20-7-3-4-7)14(21)8-5-10(16)12(18)13(19)11(8)17/h5-7,20H,2-4H2,1H3/b9-6-. The monoisotopic (exact) mass is 331 g/mol. The zero-order valence-electron chi connectivity index (χ0n) is 12.1. The number of hydrogen-bond donors (Lipinski definition) is 1. The van der Waals surface area contributed by atoms with Crippen molar-refractivity contribution >= 4 is 11.8 Å². The highest BCUT2D eigenvalue weighted by Crippen LogP contribution is 2.23. The molecule has 0 radical (unpaired) electrons. The summed E-state index contributed by atoms with van der Waals surface area (Å²) >= 11 is 0. The summed E-state index contributed by atoms with van der Waals surface area (Å²) < 4.78 is 57.8. The first-order valence-corrected chi connectivity index (χ1v) is 6.87. The van der Waals surface area contributed by atoms with Crippen molar-refractivity contribution in [3.05, 3.63) is 46.7 Å². The van der Waals surface area contributed by atoms with Crippen molar-refractivity contribution < 1.29 is 31.9 Å². The molecule has 8 heteroatoms. The summed E-state index contributed by atoms with van der Waals surface area (Å²) in [4.78, 5) is 24.0. The average Bonchev–Trinajstić information content (AvgIpc) is 3.33. The molecule has 1 fully saturated rings. The molecule has 0 heterocycles. The maximum atomic E-state index is 13.7. The summed E-state index contributed by atoms with van der Waals surface area (Å²) in [5, 5.41) is 2.74. The van der Waals surface area contributed by atoms with Crippen molar-refractivity contribution in [2.24, 2.45) is 0 Å². The number of benzene rings is 1. The molecule has 1 N–H and O–H groups in total. The van der Waals surface area contributed by atoms with Crippen LogP contribution < -0.4 is 5.32 Å². The average molecular weight is 331 g/mol. The second-order valence-electron chi connectivity index (χ2n) is 4.90. The van der Waals surface area contributed by atoms with Gasteiger partial charge < -0.3 is 10.1 Å². The molecule has 0 aromatic heterocycles. The van der Waals surface area contributed by atoms with Gasteiger partial charge in [0.05, 0.1) is 12.2 Å². The SMILES string of the molecule is CCOC(=O)/C(=C\NC1CC1)C(=O)c1cc(F)c(F)c(F)c1F. The summed E-state index contributed by atoms with van der Waals surface area (Å²) in [5.74, 6) is -10.1. The van der Waals surface area contributed by atoms with Crippen LogP contribution in [-0.2, 0) is 9.53 Å². The van der Waals surface area contributed by atoms with Crippen molar-refractivity contribution in [3.8, 4) is 0 Å². The van der Waals surface area contributed by atoms with E-state index in [2.05, 4.69) is 10.1 Å². The molecule has 0 atom stereocenters. The molecular formula is C15H13F4NO3. The maximum Gasteiger partial charge on any atom is 0.343 e. The number of ether oxygens (including phenoxy) is 1. The van der Waals surface area contributed by atoms with Crippen molar-refractivity contribution in [3.63, 3.8) is 0 Å². The minimum absolute atomic E-state index is 0.0541. The van der Waals surface area contributed by atoms with Gasteiger partial charge in [-0.2, -0.15) is 0 Å². The Morgan fingerprint density at radius 2 is 1.87 bits per heavy atom. The number of carbonyl (C=O) groups is 2. The van der Waals surface area contributed by atoms with Crippen molar-refractivity contribution in [1.82, 2.24) is 5.32 Å². The van der Waals surface area contributed by atoms with Crippen LogP contribution in [0.1, 0.15) is 30.1 Å². The minimum Gasteiger partial charge on any atom is -0.462 e. The molecule has 1 aliphatic carbocycles. The Bertz CT molecular complexity index is 684. The summed E-state index contributed by atoms with van der Waals surface area (Å²) in [6.07, 6.45) is 2.68. The molecule has 1 aromatic rings. The second kappa shape index (κ2) is 6.80. The van der Waals surface area contributed by atoms with E-state index in [1.54, 1.807) is 0 Å². The molecule has 1 aliphatic rings. The number of esters is 1. The fourth-order valence-corrected chi connectivity index (χ4v) is 1.76. The lowest BCUT2D eigenvalue weighted by molar-refractivity contribution is -0.138. The van der Waals surface area contributed by atoms with Gasteiger partial charge in [0.15, 0.2) is 23.3 Å². The smallest absolute Gasteiger partial charge is 0.343 e. The number of nitrogens with one attached hydrogen (secondary N) is 1. The highest BCUT2D eigenvalue weighted by atomic mass is 19.2. The van der Waals surface area contributed by atoms with Crippen LogP contribution in [0.3, 0.4) is 0 Å². The Labute approximate surface area is 129 Å². The third-order valence-electron chi connectivity index (χ3n) is 3.13. The van der Waals surface area contributed by atoms with Crippen molar-refractivity contribution in [2.75, 3.05) is 6.61 Å². The third kappa shape index (κ3) is 3.69. The van der Waals surface area contributed by atoms with E-state index in [0.29, 0.717) is 0 Å². The fourth-order valence-electron chi connectivity index (χ4n) is 1.76. The highest BCUT2D eigenvalue weighted by Gasteiger charge is 2.29. The van der Waals surface area contributed by atoms with Gasteiger partial charge in [-0.05, 0) is 25.8 Å². The van der Waals surface area contributed by atoms with E-state index in [1.165, 1.54) is 6.92 Å². The first-order valence-electron chi connectivity index (χ1n) is 6.87. The molecule has 0 amide bonds. The van der Waals surface area contributed by atoms with Crippen LogP contribution in [0.2, 0.25) is 0 Å². The van der Waals surface area contributed by atoms with E-state index in [4.69, 9.17) is 0 Å². The Morgan fingerprint density at radius 1 is 1.22 bits per heavy atom. The number of hydrogen-bond acceptors (Lipinski definition) is 4. The van der Waals surface area contributed by atoms with E-state index >= 15 is 0 Å². The Kier molecular flexibility index (Phi) is 5.02. The normalized spacial score (nSPS) is 14.6. The topological polar surface area (TPSA) is 55.4 Å². The van der Waals surface area contributed by atoms with Gasteiger partial charge in [0, 0.05) is 12.2 Å². The third-order valence-corrected chi connectivity index (χ3v) is 3.13. The van der Waals surface area contributed by atoms with Gasteiger partial charge in [-0.25, -0.2) is 22.4 Å². The molecule has 0 spiro atoms. The molecule has 23 heavy (non-hydrogen) atoms. The number of Topliss-reactive ketones (excluding diaryl/α,β-unsaturated/α-hetero) is 1. The second-order valence-corrected chi connectivity index (χ2v) is 4.90. The summed E-state index contributed by atoms with van der Waals surface area (Å²) in [7, 11) is 0. The highest BCUT2D eigenvalue weighted by molar-refractivity contribution is 6.24. The number of halogens is 4.